The predicted molar refractivity (Wildman–Crippen MR) is 39.5 cm³/mol. The molecule has 1 unspecified atom stereocenters. The minimum atomic E-state index is -0.413. The summed E-state index contributed by atoms with van der Waals surface area (Å²) in [6.45, 7) is 3.74. The molecule has 0 radical (unpaired) electrons. The van der Waals surface area contributed by atoms with E-state index in [4.69, 9.17) is 10.00 Å². The Morgan fingerprint density at radius 3 is 2.20 bits per heavy atom. The van der Waals surface area contributed by atoms with Gasteiger partial charge in [-0.15, -0.1) is 0 Å². The van der Waals surface area contributed by atoms with Gasteiger partial charge >= 0.3 is 0 Å². The minimum Gasteiger partial charge on any atom is -0.376 e. The Balaban J connectivity index is 4.15. The molecule has 0 aromatic heterocycles. The Labute approximate surface area is 62.0 Å². The molecule has 0 spiro atoms. The van der Waals surface area contributed by atoms with E-state index in [-0.39, 0.29) is 6.04 Å². The molecule has 0 aliphatic heterocycles. The summed E-state index contributed by atoms with van der Waals surface area (Å²) < 4.78 is 5.10. The lowest BCUT2D eigenvalue weighted by Gasteiger charge is -2.27. The second kappa shape index (κ2) is 3.55. The fourth-order valence-corrected chi connectivity index (χ4v) is 0.685. The molecule has 0 amide bonds. The maximum Gasteiger partial charge on any atom is 0.124 e. The lowest BCUT2D eigenvalue weighted by Crippen LogP contribution is -2.45. The Bertz CT molecular complexity index is 137. The van der Waals surface area contributed by atoms with Crippen LogP contribution in [0, 0.1) is 11.3 Å². The fraction of sp³-hybridized carbons (Fsp3) is 0.857. The number of nitrogens with one attached hydrogen (secondary N) is 1. The van der Waals surface area contributed by atoms with Crippen molar-refractivity contribution in [3.8, 4) is 6.07 Å². The molecule has 1 atom stereocenters. The Hall–Kier alpha value is -0.590. The molecule has 58 valence electrons. The SMILES string of the molecule is CNC(C#N)C(C)(C)OC. The van der Waals surface area contributed by atoms with Gasteiger partial charge in [-0.1, -0.05) is 0 Å². The van der Waals surface area contributed by atoms with Crippen LogP contribution in [0.1, 0.15) is 13.8 Å². The summed E-state index contributed by atoms with van der Waals surface area (Å²) in [5.74, 6) is 0. The van der Waals surface area contributed by atoms with Crippen molar-refractivity contribution in [2.75, 3.05) is 14.2 Å². The van der Waals surface area contributed by atoms with Crippen molar-refractivity contribution in [2.24, 2.45) is 0 Å². The molecule has 0 aromatic rings. The first-order valence-corrected chi connectivity index (χ1v) is 3.20. The molecule has 0 saturated carbocycles. The predicted octanol–water partition coefficient (Wildman–Crippen LogP) is 0.523. The first-order valence-electron chi connectivity index (χ1n) is 3.20. The Morgan fingerprint density at radius 2 is 2.10 bits per heavy atom. The molecule has 0 saturated heterocycles. The van der Waals surface area contributed by atoms with Crippen molar-refractivity contribution in [2.45, 2.75) is 25.5 Å². The maximum atomic E-state index is 8.60. The molecule has 3 heteroatoms. The van der Waals surface area contributed by atoms with Gasteiger partial charge in [0.25, 0.3) is 0 Å². The van der Waals surface area contributed by atoms with Crippen LogP contribution in [-0.4, -0.2) is 25.8 Å². The summed E-state index contributed by atoms with van der Waals surface area (Å²) in [6.07, 6.45) is 0. The smallest absolute Gasteiger partial charge is 0.124 e. The molecule has 0 rings (SSSR count). The van der Waals surface area contributed by atoms with Gasteiger partial charge < -0.3 is 10.1 Å². The third-order valence-corrected chi connectivity index (χ3v) is 1.64. The second-order valence-corrected chi connectivity index (χ2v) is 2.66. The minimum absolute atomic E-state index is 0.252. The molecule has 1 N–H and O–H groups in total. The maximum absolute atomic E-state index is 8.60. The van der Waals surface area contributed by atoms with Crippen LogP contribution < -0.4 is 5.32 Å². The van der Waals surface area contributed by atoms with E-state index in [1.165, 1.54) is 0 Å². The molecular weight excluding hydrogens is 128 g/mol. The monoisotopic (exact) mass is 142 g/mol. The third kappa shape index (κ3) is 1.98. The van der Waals surface area contributed by atoms with Gasteiger partial charge in [-0.3, -0.25) is 0 Å². The van der Waals surface area contributed by atoms with Crippen molar-refractivity contribution < 1.29 is 4.74 Å². The van der Waals surface area contributed by atoms with Crippen molar-refractivity contribution in [3.63, 3.8) is 0 Å². The Kier molecular flexibility index (Phi) is 3.34. The normalized spacial score (nSPS) is 14.3. The first-order chi connectivity index (χ1) is 4.58. The number of hydrogen-bond donors (Lipinski definition) is 1. The van der Waals surface area contributed by atoms with Gasteiger partial charge in [-0.25, -0.2) is 0 Å². The van der Waals surface area contributed by atoms with Crippen LogP contribution in [-0.2, 0) is 4.74 Å². The van der Waals surface area contributed by atoms with E-state index < -0.39 is 5.60 Å². The lowest BCUT2D eigenvalue weighted by molar-refractivity contribution is 0.00681. The highest BCUT2D eigenvalue weighted by Crippen LogP contribution is 2.11. The van der Waals surface area contributed by atoms with Crippen LogP contribution in [0.3, 0.4) is 0 Å². The summed E-state index contributed by atoms with van der Waals surface area (Å²) in [5.41, 5.74) is -0.413. The Morgan fingerprint density at radius 1 is 1.60 bits per heavy atom. The summed E-state index contributed by atoms with van der Waals surface area (Å²) in [4.78, 5) is 0. The molecule has 0 bridgehead atoms. The van der Waals surface area contributed by atoms with Gasteiger partial charge in [0.05, 0.1) is 11.7 Å². The highest BCUT2D eigenvalue weighted by atomic mass is 16.5. The van der Waals surface area contributed by atoms with Crippen LogP contribution in [0.5, 0.6) is 0 Å². The highest BCUT2D eigenvalue weighted by molar-refractivity contribution is 5.00. The molecule has 0 aromatic carbocycles. The van der Waals surface area contributed by atoms with Crippen molar-refractivity contribution in [1.82, 2.24) is 5.32 Å². The highest BCUT2D eigenvalue weighted by Gasteiger charge is 2.27. The van der Waals surface area contributed by atoms with Gasteiger partial charge in [0.1, 0.15) is 6.04 Å². The van der Waals surface area contributed by atoms with Crippen molar-refractivity contribution in [1.29, 1.82) is 5.26 Å². The fourth-order valence-electron chi connectivity index (χ4n) is 0.685. The van der Waals surface area contributed by atoms with Gasteiger partial charge in [-0.05, 0) is 20.9 Å². The number of nitriles is 1. The van der Waals surface area contributed by atoms with Crippen molar-refractivity contribution >= 4 is 0 Å². The average Bonchev–Trinajstić information content (AvgIpc) is 1.90. The van der Waals surface area contributed by atoms with Crippen molar-refractivity contribution in [3.05, 3.63) is 0 Å². The summed E-state index contributed by atoms with van der Waals surface area (Å²) in [6, 6.07) is 1.85. The van der Waals surface area contributed by atoms with E-state index in [9.17, 15) is 0 Å². The second-order valence-electron chi connectivity index (χ2n) is 2.66. The van der Waals surface area contributed by atoms with E-state index in [0.717, 1.165) is 0 Å². The van der Waals surface area contributed by atoms with Crippen LogP contribution in [0.15, 0.2) is 0 Å². The van der Waals surface area contributed by atoms with Crippen LogP contribution in [0.2, 0.25) is 0 Å². The topological polar surface area (TPSA) is 45.0 Å². The number of rotatable bonds is 3. The van der Waals surface area contributed by atoms with Gasteiger partial charge in [-0.2, -0.15) is 5.26 Å². The van der Waals surface area contributed by atoms with Gasteiger partial charge in [0.2, 0.25) is 0 Å². The van der Waals surface area contributed by atoms with Crippen LogP contribution >= 0.6 is 0 Å². The first kappa shape index (κ1) is 9.41. The number of likely N-dealkylation sites (N-methyl/N-ethyl adjacent to an activating group) is 1. The molecular formula is C7H14N2O. The quantitative estimate of drug-likeness (QED) is 0.625. The summed E-state index contributed by atoms with van der Waals surface area (Å²) >= 11 is 0. The van der Waals surface area contributed by atoms with E-state index in [2.05, 4.69) is 11.4 Å². The number of ether oxygens (including phenoxy) is 1. The third-order valence-electron chi connectivity index (χ3n) is 1.64. The molecule has 10 heavy (non-hydrogen) atoms. The van der Waals surface area contributed by atoms with Crippen LogP contribution in [0.4, 0.5) is 0 Å². The van der Waals surface area contributed by atoms with Crippen LogP contribution in [0.25, 0.3) is 0 Å². The summed E-state index contributed by atoms with van der Waals surface area (Å²) in [7, 11) is 3.34. The largest absolute Gasteiger partial charge is 0.376 e. The average molecular weight is 142 g/mol. The number of methoxy groups -OCH3 is 1. The number of nitrogens with zero attached hydrogens (tertiary/aromatic N) is 1. The lowest BCUT2D eigenvalue weighted by atomic mass is 10.0. The van der Waals surface area contributed by atoms with E-state index in [1.54, 1.807) is 14.2 Å². The van der Waals surface area contributed by atoms with E-state index in [0.29, 0.717) is 0 Å². The molecule has 0 aliphatic carbocycles. The summed E-state index contributed by atoms with van der Waals surface area (Å²) in [5, 5.41) is 11.5. The molecule has 0 aliphatic rings. The molecule has 0 fully saturated rings. The molecule has 3 nitrogen and oxygen atoms in total. The standard InChI is InChI=1S/C7H14N2O/c1-7(2,10-4)6(5-8)9-3/h6,9H,1-4H3. The number of hydrogen-bond acceptors (Lipinski definition) is 3. The van der Waals surface area contributed by atoms with Gasteiger partial charge in [0.15, 0.2) is 0 Å². The van der Waals surface area contributed by atoms with Gasteiger partial charge in [0, 0.05) is 7.11 Å². The zero-order valence-electron chi connectivity index (χ0n) is 6.93. The van der Waals surface area contributed by atoms with E-state index in [1.807, 2.05) is 13.8 Å². The zero-order chi connectivity index (χ0) is 8.20. The van der Waals surface area contributed by atoms with E-state index >= 15 is 0 Å². The molecule has 0 heterocycles. The zero-order valence-corrected chi connectivity index (χ0v) is 6.93.